The molecule has 1 aromatic heterocycles. The number of benzene rings is 3. The SMILES string of the molecule is O=C(CSc1nc2ccccc2o1)N/N=C\c1ccccc1OCc1ccccc1Cl. The molecule has 1 amide bonds. The second-order valence-corrected chi connectivity index (χ2v) is 7.78. The van der Waals surface area contributed by atoms with E-state index < -0.39 is 0 Å². The summed E-state index contributed by atoms with van der Waals surface area (Å²) in [7, 11) is 0. The van der Waals surface area contributed by atoms with E-state index in [0.717, 1.165) is 16.6 Å². The molecule has 8 heteroatoms. The summed E-state index contributed by atoms with van der Waals surface area (Å²) in [5.41, 5.74) is 5.59. The van der Waals surface area contributed by atoms with Crippen LogP contribution in [0.3, 0.4) is 0 Å². The molecule has 0 aliphatic rings. The number of hydrogen-bond donors (Lipinski definition) is 1. The van der Waals surface area contributed by atoms with Crippen LogP contribution in [0.2, 0.25) is 5.02 Å². The Balaban J connectivity index is 1.31. The van der Waals surface area contributed by atoms with Gasteiger partial charge in [0, 0.05) is 16.1 Å². The van der Waals surface area contributed by atoms with Crippen molar-refractivity contribution in [2.45, 2.75) is 11.8 Å². The minimum Gasteiger partial charge on any atom is -0.488 e. The summed E-state index contributed by atoms with van der Waals surface area (Å²) >= 11 is 7.39. The number of amides is 1. The zero-order valence-corrected chi connectivity index (χ0v) is 17.9. The van der Waals surface area contributed by atoms with E-state index in [1.807, 2.05) is 72.8 Å². The fourth-order valence-electron chi connectivity index (χ4n) is 2.74. The molecule has 0 aliphatic heterocycles. The fraction of sp³-hybridized carbons (Fsp3) is 0.0870. The van der Waals surface area contributed by atoms with Gasteiger partial charge in [-0.2, -0.15) is 5.10 Å². The van der Waals surface area contributed by atoms with Crippen LogP contribution in [0.5, 0.6) is 5.75 Å². The molecule has 0 atom stereocenters. The third-order valence-corrected chi connectivity index (χ3v) is 5.45. The van der Waals surface area contributed by atoms with Gasteiger partial charge < -0.3 is 9.15 Å². The topological polar surface area (TPSA) is 76.7 Å². The molecule has 0 spiro atoms. The van der Waals surface area contributed by atoms with E-state index in [2.05, 4.69) is 15.5 Å². The Hall–Kier alpha value is -3.29. The minimum absolute atomic E-state index is 0.134. The first-order valence-electron chi connectivity index (χ1n) is 9.44. The molecule has 4 rings (SSSR count). The number of thioether (sulfide) groups is 1. The lowest BCUT2D eigenvalue weighted by Gasteiger charge is -2.10. The number of fused-ring (bicyclic) bond motifs is 1. The molecule has 0 fully saturated rings. The highest BCUT2D eigenvalue weighted by Crippen LogP contribution is 2.23. The second-order valence-electron chi connectivity index (χ2n) is 6.45. The van der Waals surface area contributed by atoms with Gasteiger partial charge in [-0.05, 0) is 30.3 Å². The van der Waals surface area contributed by atoms with Crippen LogP contribution in [-0.4, -0.2) is 22.9 Å². The van der Waals surface area contributed by atoms with Gasteiger partial charge in [0.15, 0.2) is 5.58 Å². The maximum absolute atomic E-state index is 12.1. The highest BCUT2D eigenvalue weighted by Gasteiger charge is 2.09. The lowest BCUT2D eigenvalue weighted by Crippen LogP contribution is -2.19. The smallest absolute Gasteiger partial charge is 0.257 e. The molecule has 0 radical (unpaired) electrons. The van der Waals surface area contributed by atoms with E-state index in [-0.39, 0.29) is 11.7 Å². The Bertz CT molecular complexity index is 1190. The van der Waals surface area contributed by atoms with Crippen LogP contribution >= 0.6 is 23.4 Å². The van der Waals surface area contributed by atoms with Crippen molar-refractivity contribution >= 4 is 46.6 Å². The number of rotatable bonds is 8. The van der Waals surface area contributed by atoms with Crippen LogP contribution in [0.4, 0.5) is 0 Å². The van der Waals surface area contributed by atoms with Crippen LogP contribution in [-0.2, 0) is 11.4 Å². The molecule has 0 unspecified atom stereocenters. The van der Waals surface area contributed by atoms with Gasteiger partial charge in [0.25, 0.3) is 11.1 Å². The number of hydrogen-bond acceptors (Lipinski definition) is 6. The average molecular weight is 452 g/mol. The van der Waals surface area contributed by atoms with Gasteiger partial charge in [-0.25, -0.2) is 10.4 Å². The number of nitrogens with zero attached hydrogens (tertiary/aromatic N) is 2. The van der Waals surface area contributed by atoms with Gasteiger partial charge in [0.2, 0.25) is 0 Å². The van der Waals surface area contributed by atoms with Crippen molar-refractivity contribution < 1.29 is 13.9 Å². The number of ether oxygens (including phenoxy) is 1. The van der Waals surface area contributed by atoms with E-state index in [4.69, 9.17) is 20.8 Å². The molecule has 1 heterocycles. The van der Waals surface area contributed by atoms with Crippen LogP contribution in [0.15, 0.2) is 87.5 Å². The Morgan fingerprint density at radius 3 is 2.74 bits per heavy atom. The third kappa shape index (κ3) is 5.65. The maximum Gasteiger partial charge on any atom is 0.257 e. The van der Waals surface area contributed by atoms with Gasteiger partial charge >= 0.3 is 0 Å². The summed E-state index contributed by atoms with van der Waals surface area (Å²) in [6, 6.07) is 22.4. The lowest BCUT2D eigenvalue weighted by molar-refractivity contribution is -0.118. The van der Waals surface area contributed by atoms with Gasteiger partial charge in [0.05, 0.1) is 12.0 Å². The number of nitrogens with one attached hydrogen (secondary N) is 1. The normalized spacial score (nSPS) is 11.1. The van der Waals surface area contributed by atoms with Crippen molar-refractivity contribution in [3.05, 3.63) is 88.9 Å². The largest absolute Gasteiger partial charge is 0.488 e. The molecule has 4 aromatic rings. The molecule has 31 heavy (non-hydrogen) atoms. The summed E-state index contributed by atoms with van der Waals surface area (Å²) in [6.45, 7) is 0.331. The van der Waals surface area contributed by atoms with E-state index >= 15 is 0 Å². The van der Waals surface area contributed by atoms with Crippen molar-refractivity contribution in [2.24, 2.45) is 5.10 Å². The number of carbonyl (C=O) groups excluding carboxylic acids is 1. The molecule has 156 valence electrons. The Morgan fingerprint density at radius 2 is 1.87 bits per heavy atom. The van der Waals surface area contributed by atoms with Gasteiger partial charge in [-0.1, -0.05) is 65.8 Å². The molecule has 6 nitrogen and oxygen atoms in total. The van der Waals surface area contributed by atoms with Gasteiger partial charge in [0.1, 0.15) is 17.9 Å². The average Bonchev–Trinajstić information content (AvgIpc) is 3.21. The quantitative estimate of drug-likeness (QED) is 0.223. The number of para-hydroxylation sites is 3. The zero-order chi connectivity index (χ0) is 21.5. The zero-order valence-electron chi connectivity index (χ0n) is 16.3. The van der Waals surface area contributed by atoms with Crippen LogP contribution < -0.4 is 10.2 Å². The summed E-state index contributed by atoms with van der Waals surface area (Å²) in [4.78, 5) is 16.4. The molecule has 1 N–H and O–H groups in total. The van der Waals surface area contributed by atoms with E-state index in [0.29, 0.717) is 28.2 Å². The predicted molar refractivity (Wildman–Crippen MR) is 123 cm³/mol. The maximum atomic E-state index is 12.1. The standard InChI is InChI=1S/C23H18ClN3O3S/c24-18-9-3-1-8-17(18)14-29-20-11-5-2-7-16(20)13-25-27-22(28)15-31-23-26-19-10-4-6-12-21(19)30-23/h1-13H,14-15H2,(H,27,28)/b25-13-. The van der Waals surface area contributed by atoms with Crippen molar-refractivity contribution in [3.63, 3.8) is 0 Å². The summed E-state index contributed by atoms with van der Waals surface area (Å²) in [5.74, 6) is 0.508. The monoisotopic (exact) mass is 451 g/mol. The van der Waals surface area contributed by atoms with Crippen molar-refractivity contribution in [3.8, 4) is 5.75 Å². The van der Waals surface area contributed by atoms with Crippen molar-refractivity contribution in [2.75, 3.05) is 5.75 Å². The number of aromatic nitrogens is 1. The first kappa shape index (κ1) is 21.0. The summed E-state index contributed by atoms with van der Waals surface area (Å²) < 4.78 is 11.5. The van der Waals surface area contributed by atoms with Crippen molar-refractivity contribution in [1.29, 1.82) is 0 Å². The van der Waals surface area contributed by atoms with Crippen LogP contribution in [0, 0.1) is 0 Å². The van der Waals surface area contributed by atoms with Crippen LogP contribution in [0.1, 0.15) is 11.1 Å². The van der Waals surface area contributed by atoms with E-state index in [1.165, 1.54) is 11.8 Å². The number of hydrazone groups is 1. The molecule has 0 bridgehead atoms. The number of halogens is 1. The molecule has 0 saturated heterocycles. The van der Waals surface area contributed by atoms with Gasteiger partial charge in [-0.15, -0.1) is 0 Å². The highest BCUT2D eigenvalue weighted by molar-refractivity contribution is 7.99. The Morgan fingerprint density at radius 1 is 1.10 bits per heavy atom. The first-order valence-corrected chi connectivity index (χ1v) is 10.8. The minimum atomic E-state index is -0.266. The number of carbonyl (C=O) groups is 1. The molecule has 3 aromatic carbocycles. The van der Waals surface area contributed by atoms with E-state index in [9.17, 15) is 4.79 Å². The van der Waals surface area contributed by atoms with Gasteiger partial charge in [-0.3, -0.25) is 4.79 Å². The molecule has 0 saturated carbocycles. The van der Waals surface area contributed by atoms with Crippen molar-refractivity contribution in [1.82, 2.24) is 10.4 Å². The third-order valence-electron chi connectivity index (χ3n) is 4.25. The molecular weight excluding hydrogens is 434 g/mol. The summed E-state index contributed by atoms with van der Waals surface area (Å²) in [5, 5.41) is 5.13. The Kier molecular flexibility index (Phi) is 6.86. The highest BCUT2D eigenvalue weighted by atomic mass is 35.5. The van der Waals surface area contributed by atoms with E-state index in [1.54, 1.807) is 6.21 Å². The van der Waals surface area contributed by atoms with Crippen LogP contribution in [0.25, 0.3) is 11.1 Å². The number of oxazole rings is 1. The lowest BCUT2D eigenvalue weighted by atomic mass is 10.2. The first-order chi connectivity index (χ1) is 15.2. The fourth-order valence-corrected chi connectivity index (χ4v) is 3.56. The summed E-state index contributed by atoms with van der Waals surface area (Å²) in [6.07, 6.45) is 1.55. The predicted octanol–water partition coefficient (Wildman–Crippen LogP) is 5.30. The second kappa shape index (κ2) is 10.1. The Labute approximate surface area is 188 Å². The molecule has 0 aliphatic carbocycles. The molecular formula is C23H18ClN3O3S.